The van der Waals surface area contributed by atoms with Crippen LogP contribution in [0.3, 0.4) is 0 Å². The first kappa shape index (κ1) is 13.1. The van der Waals surface area contributed by atoms with Crippen molar-refractivity contribution in [3.8, 4) is 0 Å². The van der Waals surface area contributed by atoms with Crippen LogP contribution >= 0.6 is 0 Å². The first-order chi connectivity index (χ1) is 8.72. The zero-order valence-corrected chi connectivity index (χ0v) is 10.9. The lowest BCUT2D eigenvalue weighted by atomic mass is 10.2. The van der Waals surface area contributed by atoms with Gasteiger partial charge in [0.1, 0.15) is 6.04 Å². The SMILES string of the molecule is CN1CCCN(Cc2ccccc2)C(=O)C1CN. The molecule has 0 bridgehead atoms. The number of likely N-dealkylation sites (N-methyl/N-ethyl adjacent to an activating group) is 1. The zero-order valence-electron chi connectivity index (χ0n) is 10.9. The number of hydrogen-bond acceptors (Lipinski definition) is 3. The van der Waals surface area contributed by atoms with Crippen LogP contribution in [0, 0.1) is 0 Å². The predicted octanol–water partition coefficient (Wildman–Crippen LogP) is 0.678. The fourth-order valence-electron chi connectivity index (χ4n) is 2.42. The van der Waals surface area contributed by atoms with E-state index in [0.717, 1.165) is 19.5 Å². The molecule has 0 spiro atoms. The van der Waals surface area contributed by atoms with Gasteiger partial charge >= 0.3 is 0 Å². The van der Waals surface area contributed by atoms with Gasteiger partial charge in [-0.25, -0.2) is 0 Å². The third-order valence-electron chi connectivity index (χ3n) is 3.51. The molecule has 4 nitrogen and oxygen atoms in total. The quantitative estimate of drug-likeness (QED) is 0.854. The summed E-state index contributed by atoms with van der Waals surface area (Å²) in [5.41, 5.74) is 6.89. The molecule has 1 aromatic rings. The van der Waals surface area contributed by atoms with E-state index >= 15 is 0 Å². The minimum atomic E-state index is -0.170. The number of hydrogen-bond donors (Lipinski definition) is 1. The van der Waals surface area contributed by atoms with E-state index < -0.39 is 0 Å². The lowest BCUT2D eigenvalue weighted by molar-refractivity contribution is -0.135. The molecule has 2 rings (SSSR count). The number of amides is 1. The Balaban J connectivity index is 2.10. The van der Waals surface area contributed by atoms with Gasteiger partial charge in [-0.2, -0.15) is 0 Å². The van der Waals surface area contributed by atoms with Crippen LogP contribution in [0.2, 0.25) is 0 Å². The van der Waals surface area contributed by atoms with Gasteiger partial charge in [0.25, 0.3) is 0 Å². The Morgan fingerprint density at radius 3 is 2.67 bits per heavy atom. The minimum Gasteiger partial charge on any atom is -0.337 e. The maximum atomic E-state index is 12.4. The van der Waals surface area contributed by atoms with Crippen molar-refractivity contribution in [3.63, 3.8) is 0 Å². The summed E-state index contributed by atoms with van der Waals surface area (Å²) >= 11 is 0. The molecular weight excluding hydrogens is 226 g/mol. The molecule has 18 heavy (non-hydrogen) atoms. The second-order valence-electron chi connectivity index (χ2n) is 4.83. The van der Waals surface area contributed by atoms with E-state index in [2.05, 4.69) is 17.0 Å². The number of carbonyl (C=O) groups is 1. The average Bonchev–Trinajstić information content (AvgIpc) is 2.51. The maximum absolute atomic E-state index is 12.4. The van der Waals surface area contributed by atoms with Crippen LogP contribution in [0.1, 0.15) is 12.0 Å². The van der Waals surface area contributed by atoms with Crippen LogP contribution in [-0.2, 0) is 11.3 Å². The summed E-state index contributed by atoms with van der Waals surface area (Å²) in [7, 11) is 1.97. The zero-order chi connectivity index (χ0) is 13.0. The third kappa shape index (κ3) is 2.89. The second-order valence-corrected chi connectivity index (χ2v) is 4.83. The largest absolute Gasteiger partial charge is 0.337 e. The van der Waals surface area contributed by atoms with Crippen molar-refractivity contribution in [2.24, 2.45) is 5.73 Å². The van der Waals surface area contributed by atoms with Gasteiger partial charge < -0.3 is 10.6 Å². The Labute approximate surface area is 108 Å². The van der Waals surface area contributed by atoms with Crippen LogP contribution in [0.15, 0.2) is 30.3 Å². The van der Waals surface area contributed by atoms with Gasteiger partial charge in [0.2, 0.25) is 5.91 Å². The fourth-order valence-corrected chi connectivity index (χ4v) is 2.42. The van der Waals surface area contributed by atoms with E-state index in [9.17, 15) is 4.79 Å². The van der Waals surface area contributed by atoms with Gasteiger partial charge in [0, 0.05) is 26.2 Å². The maximum Gasteiger partial charge on any atom is 0.241 e. The standard InChI is InChI=1S/C14H21N3O/c1-16-8-5-9-17(14(18)13(16)10-15)11-12-6-3-2-4-7-12/h2-4,6-7,13H,5,8-11,15H2,1H3. The number of nitrogens with zero attached hydrogens (tertiary/aromatic N) is 2. The Morgan fingerprint density at radius 2 is 2.00 bits per heavy atom. The molecule has 1 aliphatic rings. The normalized spacial score (nSPS) is 22.0. The van der Waals surface area contributed by atoms with Gasteiger partial charge in [0.05, 0.1) is 0 Å². The van der Waals surface area contributed by atoms with E-state index in [1.807, 2.05) is 30.1 Å². The number of rotatable bonds is 3. The van der Waals surface area contributed by atoms with Gasteiger partial charge in [-0.05, 0) is 19.0 Å². The van der Waals surface area contributed by atoms with Crippen molar-refractivity contribution < 1.29 is 4.79 Å². The topological polar surface area (TPSA) is 49.6 Å². The molecule has 0 radical (unpaired) electrons. The van der Waals surface area contributed by atoms with Gasteiger partial charge in [-0.15, -0.1) is 0 Å². The molecule has 1 unspecified atom stereocenters. The highest BCUT2D eigenvalue weighted by Gasteiger charge is 2.29. The third-order valence-corrected chi connectivity index (χ3v) is 3.51. The molecule has 0 saturated carbocycles. The molecule has 1 saturated heterocycles. The van der Waals surface area contributed by atoms with E-state index in [1.54, 1.807) is 0 Å². The van der Waals surface area contributed by atoms with Crippen molar-refractivity contribution >= 4 is 5.91 Å². The van der Waals surface area contributed by atoms with Crippen LogP contribution in [0.5, 0.6) is 0 Å². The molecule has 1 fully saturated rings. The van der Waals surface area contributed by atoms with Crippen molar-refractivity contribution in [1.82, 2.24) is 9.80 Å². The lowest BCUT2D eigenvalue weighted by Gasteiger charge is -2.27. The summed E-state index contributed by atoms with van der Waals surface area (Å²) in [4.78, 5) is 16.4. The van der Waals surface area contributed by atoms with E-state index in [0.29, 0.717) is 13.1 Å². The highest BCUT2D eigenvalue weighted by molar-refractivity contribution is 5.82. The van der Waals surface area contributed by atoms with Crippen LogP contribution in [0.4, 0.5) is 0 Å². The summed E-state index contributed by atoms with van der Waals surface area (Å²) in [5, 5.41) is 0. The first-order valence-corrected chi connectivity index (χ1v) is 6.45. The van der Waals surface area contributed by atoms with Crippen LogP contribution in [0.25, 0.3) is 0 Å². The molecule has 1 heterocycles. The molecule has 1 aliphatic heterocycles. The van der Waals surface area contributed by atoms with Gasteiger partial charge in [-0.1, -0.05) is 30.3 Å². The van der Waals surface area contributed by atoms with Crippen LogP contribution in [-0.4, -0.2) is 48.4 Å². The summed E-state index contributed by atoms with van der Waals surface area (Å²) in [6.07, 6.45) is 1.01. The average molecular weight is 247 g/mol. The van der Waals surface area contributed by atoms with Gasteiger partial charge in [-0.3, -0.25) is 9.69 Å². The van der Waals surface area contributed by atoms with Crippen LogP contribution < -0.4 is 5.73 Å². The molecule has 0 aliphatic carbocycles. The molecule has 1 amide bonds. The Morgan fingerprint density at radius 1 is 1.28 bits per heavy atom. The monoisotopic (exact) mass is 247 g/mol. The number of nitrogens with two attached hydrogens (primary N) is 1. The Kier molecular flexibility index (Phi) is 4.33. The van der Waals surface area contributed by atoms with E-state index in [1.165, 1.54) is 5.56 Å². The molecule has 1 atom stereocenters. The highest BCUT2D eigenvalue weighted by Crippen LogP contribution is 2.13. The molecule has 1 aromatic carbocycles. The molecule has 0 aromatic heterocycles. The second kappa shape index (κ2) is 5.98. The van der Waals surface area contributed by atoms with Crippen molar-refractivity contribution in [3.05, 3.63) is 35.9 Å². The summed E-state index contributed by atoms with van der Waals surface area (Å²) in [6.45, 7) is 2.82. The Hall–Kier alpha value is -1.39. The summed E-state index contributed by atoms with van der Waals surface area (Å²) in [5.74, 6) is 0.154. The number of benzene rings is 1. The predicted molar refractivity (Wildman–Crippen MR) is 71.9 cm³/mol. The summed E-state index contributed by atoms with van der Waals surface area (Å²) < 4.78 is 0. The molecular formula is C14H21N3O. The molecule has 4 heteroatoms. The Bertz CT molecular complexity index is 393. The van der Waals surface area contributed by atoms with E-state index in [-0.39, 0.29) is 11.9 Å². The molecule has 2 N–H and O–H groups in total. The van der Waals surface area contributed by atoms with Crippen molar-refractivity contribution in [2.45, 2.75) is 19.0 Å². The summed E-state index contributed by atoms with van der Waals surface area (Å²) in [6, 6.07) is 9.94. The minimum absolute atomic E-state index is 0.154. The lowest BCUT2D eigenvalue weighted by Crippen LogP contribution is -2.48. The molecule has 98 valence electrons. The highest BCUT2D eigenvalue weighted by atomic mass is 16.2. The first-order valence-electron chi connectivity index (χ1n) is 6.45. The number of carbonyl (C=O) groups excluding carboxylic acids is 1. The van der Waals surface area contributed by atoms with E-state index in [4.69, 9.17) is 5.73 Å². The smallest absolute Gasteiger partial charge is 0.241 e. The fraction of sp³-hybridized carbons (Fsp3) is 0.500. The van der Waals surface area contributed by atoms with Gasteiger partial charge in [0.15, 0.2) is 0 Å². The van der Waals surface area contributed by atoms with Crippen molar-refractivity contribution in [2.75, 3.05) is 26.7 Å². The van der Waals surface area contributed by atoms with Crippen molar-refractivity contribution in [1.29, 1.82) is 0 Å².